The highest BCUT2D eigenvalue weighted by atomic mass is 16.1. The lowest BCUT2D eigenvalue weighted by Crippen LogP contribution is -2.21. The highest BCUT2D eigenvalue weighted by Gasteiger charge is 1.97. The average molecular weight is 192 g/mol. The number of nitrogen functional groups attached to an aromatic ring is 1. The molecule has 0 aliphatic rings. The van der Waals surface area contributed by atoms with Gasteiger partial charge in [0.2, 0.25) is 5.91 Å². The zero-order chi connectivity index (χ0) is 10.4. The summed E-state index contributed by atoms with van der Waals surface area (Å²) in [5, 5.41) is 2.76. The molecule has 0 saturated heterocycles. The number of hydrogen-bond donors (Lipinski definition) is 2. The first-order valence-electron chi connectivity index (χ1n) is 4.78. The van der Waals surface area contributed by atoms with Gasteiger partial charge >= 0.3 is 0 Å². The number of nitrogens with one attached hydrogen (secondary N) is 1. The normalized spacial score (nSPS) is 9.79. The Balaban J connectivity index is 2.31. The predicted molar refractivity (Wildman–Crippen MR) is 57.9 cm³/mol. The monoisotopic (exact) mass is 192 g/mol. The van der Waals surface area contributed by atoms with Crippen LogP contribution < -0.4 is 11.1 Å². The van der Waals surface area contributed by atoms with Crippen LogP contribution in [0.1, 0.15) is 18.9 Å². The third-order valence-electron chi connectivity index (χ3n) is 2.05. The molecule has 0 aromatic heterocycles. The lowest BCUT2D eigenvalue weighted by atomic mass is 10.1. The third-order valence-corrected chi connectivity index (χ3v) is 2.05. The second kappa shape index (κ2) is 5.27. The number of anilines is 1. The summed E-state index contributed by atoms with van der Waals surface area (Å²) in [4.78, 5) is 10.6. The molecule has 76 valence electrons. The number of aryl methyl sites for hydroxylation is 1. The molecular formula is C11H16N2O. The number of carbonyl (C=O) groups excluding carboxylic acids is 1. The molecule has 3 heteroatoms. The quantitative estimate of drug-likeness (QED) is 0.558. The van der Waals surface area contributed by atoms with Crippen LogP contribution in [0.2, 0.25) is 0 Å². The van der Waals surface area contributed by atoms with E-state index in [1.165, 1.54) is 6.92 Å². The predicted octanol–water partition coefficient (Wildman–Crippen LogP) is 1.34. The van der Waals surface area contributed by atoms with E-state index in [1.807, 2.05) is 24.3 Å². The molecule has 0 bridgehead atoms. The molecular weight excluding hydrogens is 176 g/mol. The van der Waals surface area contributed by atoms with Gasteiger partial charge in [-0.15, -0.1) is 0 Å². The van der Waals surface area contributed by atoms with Crippen molar-refractivity contribution in [2.24, 2.45) is 0 Å². The zero-order valence-electron chi connectivity index (χ0n) is 8.42. The molecule has 0 aliphatic heterocycles. The van der Waals surface area contributed by atoms with Gasteiger partial charge in [0.05, 0.1) is 0 Å². The molecule has 0 fully saturated rings. The molecule has 0 unspecified atom stereocenters. The zero-order valence-corrected chi connectivity index (χ0v) is 8.42. The van der Waals surface area contributed by atoms with Crippen molar-refractivity contribution >= 4 is 11.6 Å². The van der Waals surface area contributed by atoms with E-state index in [4.69, 9.17) is 5.73 Å². The molecule has 0 saturated carbocycles. The summed E-state index contributed by atoms with van der Waals surface area (Å²) < 4.78 is 0. The molecule has 0 radical (unpaired) electrons. The van der Waals surface area contributed by atoms with Crippen LogP contribution in [0.25, 0.3) is 0 Å². The summed E-state index contributed by atoms with van der Waals surface area (Å²) in [7, 11) is 0. The van der Waals surface area contributed by atoms with Gasteiger partial charge in [-0.1, -0.05) is 18.2 Å². The number of hydrogen-bond acceptors (Lipinski definition) is 2. The van der Waals surface area contributed by atoms with Crippen molar-refractivity contribution in [3.8, 4) is 0 Å². The SMILES string of the molecule is CC(=O)NCCCc1ccccc1N. The van der Waals surface area contributed by atoms with Gasteiger partial charge in [0.25, 0.3) is 0 Å². The Kier molecular flexibility index (Phi) is 3.98. The fourth-order valence-corrected chi connectivity index (χ4v) is 1.31. The van der Waals surface area contributed by atoms with Crippen molar-refractivity contribution < 1.29 is 4.79 Å². The van der Waals surface area contributed by atoms with Crippen molar-refractivity contribution in [3.63, 3.8) is 0 Å². The van der Waals surface area contributed by atoms with Crippen LogP contribution in [0, 0.1) is 0 Å². The van der Waals surface area contributed by atoms with E-state index in [1.54, 1.807) is 0 Å². The van der Waals surface area contributed by atoms with E-state index < -0.39 is 0 Å². The van der Waals surface area contributed by atoms with Gasteiger partial charge in [0.1, 0.15) is 0 Å². The van der Waals surface area contributed by atoms with Crippen LogP contribution in [0.15, 0.2) is 24.3 Å². The minimum atomic E-state index is 0.0195. The van der Waals surface area contributed by atoms with Gasteiger partial charge in [-0.25, -0.2) is 0 Å². The van der Waals surface area contributed by atoms with Crippen LogP contribution in [-0.2, 0) is 11.2 Å². The molecule has 14 heavy (non-hydrogen) atoms. The number of carbonyl (C=O) groups is 1. The first kappa shape index (κ1) is 10.6. The Labute approximate surface area is 84.3 Å². The summed E-state index contributed by atoms with van der Waals surface area (Å²) in [6.07, 6.45) is 1.83. The van der Waals surface area contributed by atoms with Crippen molar-refractivity contribution in [1.82, 2.24) is 5.32 Å². The maximum atomic E-state index is 10.6. The van der Waals surface area contributed by atoms with Gasteiger partial charge in [0, 0.05) is 19.2 Å². The maximum absolute atomic E-state index is 10.6. The largest absolute Gasteiger partial charge is 0.399 e. The molecule has 0 atom stereocenters. The van der Waals surface area contributed by atoms with Crippen molar-refractivity contribution in [1.29, 1.82) is 0 Å². The maximum Gasteiger partial charge on any atom is 0.216 e. The minimum Gasteiger partial charge on any atom is -0.399 e. The number of rotatable bonds is 4. The molecule has 0 heterocycles. The number of para-hydroxylation sites is 1. The van der Waals surface area contributed by atoms with E-state index in [9.17, 15) is 4.79 Å². The van der Waals surface area contributed by atoms with E-state index in [-0.39, 0.29) is 5.91 Å². The Hall–Kier alpha value is -1.51. The van der Waals surface area contributed by atoms with Crippen LogP contribution >= 0.6 is 0 Å². The number of amides is 1. The molecule has 1 rings (SSSR count). The summed E-state index contributed by atoms with van der Waals surface area (Å²) in [6, 6.07) is 7.81. The van der Waals surface area contributed by atoms with E-state index in [0.717, 1.165) is 24.1 Å². The third kappa shape index (κ3) is 3.47. The van der Waals surface area contributed by atoms with Gasteiger partial charge in [0.15, 0.2) is 0 Å². The van der Waals surface area contributed by atoms with E-state index >= 15 is 0 Å². The van der Waals surface area contributed by atoms with Crippen molar-refractivity contribution in [2.45, 2.75) is 19.8 Å². The highest BCUT2D eigenvalue weighted by molar-refractivity contribution is 5.72. The van der Waals surface area contributed by atoms with Crippen LogP contribution in [-0.4, -0.2) is 12.5 Å². The summed E-state index contributed by atoms with van der Waals surface area (Å²) >= 11 is 0. The smallest absolute Gasteiger partial charge is 0.216 e. The fourth-order valence-electron chi connectivity index (χ4n) is 1.31. The molecule has 1 aromatic rings. The fraction of sp³-hybridized carbons (Fsp3) is 0.364. The Morgan fingerprint density at radius 3 is 2.79 bits per heavy atom. The number of nitrogens with two attached hydrogens (primary N) is 1. The second-order valence-corrected chi connectivity index (χ2v) is 3.29. The first-order chi connectivity index (χ1) is 6.70. The molecule has 0 aliphatic carbocycles. The number of benzene rings is 1. The molecule has 3 N–H and O–H groups in total. The van der Waals surface area contributed by atoms with Gasteiger partial charge in [-0.05, 0) is 24.5 Å². The van der Waals surface area contributed by atoms with Crippen molar-refractivity contribution in [2.75, 3.05) is 12.3 Å². The van der Waals surface area contributed by atoms with Gasteiger partial charge in [-0.2, -0.15) is 0 Å². The lowest BCUT2D eigenvalue weighted by molar-refractivity contribution is -0.118. The minimum absolute atomic E-state index is 0.0195. The summed E-state index contributed by atoms with van der Waals surface area (Å²) in [6.45, 7) is 2.24. The first-order valence-corrected chi connectivity index (χ1v) is 4.78. The van der Waals surface area contributed by atoms with Gasteiger partial charge < -0.3 is 11.1 Å². The second-order valence-electron chi connectivity index (χ2n) is 3.29. The van der Waals surface area contributed by atoms with E-state index in [0.29, 0.717) is 6.54 Å². The standard InChI is InChI=1S/C11H16N2O/c1-9(14)13-8-4-6-10-5-2-3-7-11(10)12/h2-3,5,7H,4,6,8,12H2,1H3,(H,13,14). The Morgan fingerprint density at radius 1 is 1.43 bits per heavy atom. The van der Waals surface area contributed by atoms with Gasteiger partial charge in [-0.3, -0.25) is 4.79 Å². The van der Waals surface area contributed by atoms with Crippen LogP contribution in [0.4, 0.5) is 5.69 Å². The summed E-state index contributed by atoms with van der Waals surface area (Å²) in [5.41, 5.74) is 7.76. The van der Waals surface area contributed by atoms with Crippen LogP contribution in [0.3, 0.4) is 0 Å². The van der Waals surface area contributed by atoms with Crippen molar-refractivity contribution in [3.05, 3.63) is 29.8 Å². The highest BCUT2D eigenvalue weighted by Crippen LogP contribution is 2.11. The summed E-state index contributed by atoms with van der Waals surface area (Å²) in [5.74, 6) is 0.0195. The molecule has 0 spiro atoms. The topological polar surface area (TPSA) is 55.1 Å². The average Bonchev–Trinajstić information content (AvgIpc) is 2.15. The van der Waals surface area contributed by atoms with Crippen LogP contribution in [0.5, 0.6) is 0 Å². The molecule has 3 nitrogen and oxygen atoms in total. The lowest BCUT2D eigenvalue weighted by Gasteiger charge is -2.05. The van der Waals surface area contributed by atoms with E-state index in [2.05, 4.69) is 5.32 Å². The molecule has 1 aromatic carbocycles. The Bertz CT molecular complexity index is 310. The Morgan fingerprint density at radius 2 is 2.14 bits per heavy atom. The molecule has 1 amide bonds.